The molecular formula is C9H12N2O5S2. The molecule has 0 radical (unpaired) electrons. The molecule has 18 heavy (non-hydrogen) atoms. The van der Waals surface area contributed by atoms with Crippen LogP contribution in [0.4, 0.5) is 0 Å². The summed E-state index contributed by atoms with van der Waals surface area (Å²) in [6, 6.07) is 3.79. The summed E-state index contributed by atoms with van der Waals surface area (Å²) in [5, 5.41) is 9.99. The summed E-state index contributed by atoms with van der Waals surface area (Å²) in [4.78, 5) is -1.14. The fraction of sp³-hybridized carbons (Fsp3) is 0.333. The molecule has 0 unspecified atom stereocenters. The van der Waals surface area contributed by atoms with Crippen molar-refractivity contribution >= 4 is 20.0 Å². The minimum atomic E-state index is -4.25. The minimum Gasteiger partial charge on any atom is -0.489 e. The average Bonchev–Trinajstić information content (AvgIpc) is 2.98. The van der Waals surface area contributed by atoms with Gasteiger partial charge < -0.3 is 4.74 Å². The highest BCUT2D eigenvalue weighted by molar-refractivity contribution is 7.92. The van der Waals surface area contributed by atoms with Crippen molar-refractivity contribution in [2.45, 2.75) is 28.7 Å². The van der Waals surface area contributed by atoms with Gasteiger partial charge in [0.25, 0.3) is 0 Å². The van der Waals surface area contributed by atoms with Crippen molar-refractivity contribution in [3.05, 3.63) is 18.2 Å². The lowest BCUT2D eigenvalue weighted by atomic mass is 10.3. The number of rotatable bonds is 4. The van der Waals surface area contributed by atoms with Gasteiger partial charge in [0.15, 0.2) is 0 Å². The maximum atomic E-state index is 11.5. The number of ether oxygens (including phenoxy) is 1. The number of hydrogen-bond donors (Lipinski definition) is 2. The van der Waals surface area contributed by atoms with E-state index >= 15 is 0 Å². The first kappa shape index (κ1) is 13.3. The van der Waals surface area contributed by atoms with E-state index in [1.54, 1.807) is 0 Å². The Morgan fingerprint density at radius 2 is 1.67 bits per heavy atom. The van der Waals surface area contributed by atoms with Gasteiger partial charge in [0, 0.05) is 0 Å². The molecular weight excluding hydrogens is 280 g/mol. The molecule has 100 valence electrons. The van der Waals surface area contributed by atoms with E-state index in [4.69, 9.17) is 15.0 Å². The highest BCUT2D eigenvalue weighted by Crippen LogP contribution is 2.34. The van der Waals surface area contributed by atoms with Crippen LogP contribution in [0.15, 0.2) is 28.0 Å². The van der Waals surface area contributed by atoms with Crippen LogP contribution in [0, 0.1) is 0 Å². The molecule has 7 nitrogen and oxygen atoms in total. The summed E-state index contributed by atoms with van der Waals surface area (Å²) < 4.78 is 51.1. The van der Waals surface area contributed by atoms with Gasteiger partial charge in [0.2, 0.25) is 20.0 Å². The molecule has 1 aliphatic carbocycles. The lowest BCUT2D eigenvalue weighted by molar-refractivity contribution is 0.293. The molecule has 4 N–H and O–H groups in total. The van der Waals surface area contributed by atoms with Crippen LogP contribution >= 0.6 is 0 Å². The Balaban J connectivity index is 2.67. The molecule has 1 aromatic carbocycles. The molecule has 1 fully saturated rings. The van der Waals surface area contributed by atoms with Crippen molar-refractivity contribution in [1.82, 2.24) is 0 Å². The van der Waals surface area contributed by atoms with E-state index in [1.165, 1.54) is 12.1 Å². The quantitative estimate of drug-likeness (QED) is 0.774. The van der Waals surface area contributed by atoms with Crippen molar-refractivity contribution in [2.24, 2.45) is 10.3 Å². The zero-order chi connectivity index (χ0) is 13.6. The standard InChI is InChI=1S/C9H12N2O5S2/c10-17(12,13)8-3-1-2-7(16-6-4-5-6)9(8)18(11,14)15/h1-3,6H,4-5H2,(H2,10,12,13)(H2,11,14,15). The summed E-state index contributed by atoms with van der Waals surface area (Å²) in [6.07, 6.45) is 1.49. The van der Waals surface area contributed by atoms with E-state index in [9.17, 15) is 16.8 Å². The maximum Gasteiger partial charge on any atom is 0.243 e. The van der Waals surface area contributed by atoms with E-state index in [2.05, 4.69) is 0 Å². The molecule has 1 aromatic rings. The third-order valence-corrected chi connectivity index (χ3v) is 4.42. The predicted octanol–water partition coefficient (Wildman–Crippen LogP) is -0.477. The summed E-state index contributed by atoms with van der Waals surface area (Å²) >= 11 is 0. The third-order valence-electron chi connectivity index (χ3n) is 2.35. The Labute approximate surface area is 105 Å². The van der Waals surface area contributed by atoms with Gasteiger partial charge in [-0.1, -0.05) is 6.07 Å². The van der Waals surface area contributed by atoms with Gasteiger partial charge in [-0.3, -0.25) is 0 Å². The Morgan fingerprint density at radius 3 is 2.11 bits per heavy atom. The Morgan fingerprint density at radius 1 is 1.06 bits per heavy atom. The molecule has 0 amide bonds. The molecule has 9 heteroatoms. The summed E-state index contributed by atoms with van der Waals surface area (Å²) in [5.74, 6) is -0.0773. The third kappa shape index (κ3) is 2.80. The van der Waals surface area contributed by atoms with E-state index < -0.39 is 29.8 Å². The molecule has 1 aliphatic rings. The summed E-state index contributed by atoms with van der Waals surface area (Å²) in [6.45, 7) is 0. The van der Waals surface area contributed by atoms with Crippen molar-refractivity contribution in [2.75, 3.05) is 0 Å². The molecule has 0 heterocycles. The van der Waals surface area contributed by atoms with Gasteiger partial charge >= 0.3 is 0 Å². The number of sulfonamides is 2. The first-order valence-electron chi connectivity index (χ1n) is 5.05. The second-order valence-electron chi connectivity index (χ2n) is 3.99. The van der Waals surface area contributed by atoms with Gasteiger partial charge in [0.05, 0.1) is 6.10 Å². The molecule has 0 aromatic heterocycles. The fourth-order valence-corrected chi connectivity index (χ4v) is 3.53. The predicted molar refractivity (Wildman–Crippen MR) is 62.8 cm³/mol. The first-order valence-corrected chi connectivity index (χ1v) is 8.14. The largest absolute Gasteiger partial charge is 0.489 e. The smallest absolute Gasteiger partial charge is 0.243 e. The Hall–Kier alpha value is -1.16. The number of benzene rings is 1. The van der Waals surface area contributed by atoms with Crippen LogP contribution in [-0.2, 0) is 20.0 Å². The van der Waals surface area contributed by atoms with E-state index in [1.807, 2.05) is 0 Å². The lowest BCUT2D eigenvalue weighted by Crippen LogP contribution is -2.21. The number of primary sulfonamides is 2. The van der Waals surface area contributed by atoms with Crippen LogP contribution in [-0.4, -0.2) is 22.9 Å². The molecule has 0 bridgehead atoms. The average molecular weight is 292 g/mol. The van der Waals surface area contributed by atoms with Gasteiger partial charge in [-0.25, -0.2) is 27.1 Å². The second kappa shape index (κ2) is 4.19. The van der Waals surface area contributed by atoms with Crippen LogP contribution in [0.5, 0.6) is 5.75 Å². The molecule has 0 spiro atoms. The highest BCUT2D eigenvalue weighted by Gasteiger charge is 2.30. The fourth-order valence-electron chi connectivity index (χ4n) is 1.46. The van der Waals surface area contributed by atoms with Gasteiger partial charge in [-0.2, -0.15) is 0 Å². The first-order chi connectivity index (χ1) is 8.19. The van der Waals surface area contributed by atoms with Crippen LogP contribution in [0.2, 0.25) is 0 Å². The SMILES string of the molecule is NS(=O)(=O)c1cccc(OC2CC2)c1S(N)(=O)=O. The minimum absolute atomic E-state index is 0.0773. The van der Waals surface area contributed by atoms with Gasteiger partial charge in [0.1, 0.15) is 15.5 Å². The van der Waals surface area contributed by atoms with Crippen molar-refractivity contribution < 1.29 is 21.6 Å². The topological polar surface area (TPSA) is 130 Å². The van der Waals surface area contributed by atoms with E-state index in [0.29, 0.717) is 0 Å². The van der Waals surface area contributed by atoms with Crippen LogP contribution in [0.25, 0.3) is 0 Å². The summed E-state index contributed by atoms with van der Waals surface area (Å²) in [5.41, 5.74) is 0. The zero-order valence-electron chi connectivity index (χ0n) is 9.24. The molecule has 0 atom stereocenters. The molecule has 2 rings (SSSR count). The summed E-state index contributed by atoms with van der Waals surface area (Å²) in [7, 11) is -8.44. The highest BCUT2D eigenvalue weighted by atomic mass is 32.2. The van der Waals surface area contributed by atoms with Gasteiger partial charge in [-0.15, -0.1) is 0 Å². The number of hydrogen-bond acceptors (Lipinski definition) is 5. The molecule has 1 saturated carbocycles. The van der Waals surface area contributed by atoms with E-state index in [-0.39, 0.29) is 11.9 Å². The van der Waals surface area contributed by atoms with Crippen LogP contribution in [0.1, 0.15) is 12.8 Å². The maximum absolute atomic E-state index is 11.5. The monoisotopic (exact) mass is 292 g/mol. The lowest BCUT2D eigenvalue weighted by Gasteiger charge is -2.12. The molecule has 0 saturated heterocycles. The molecule has 0 aliphatic heterocycles. The van der Waals surface area contributed by atoms with E-state index in [0.717, 1.165) is 18.9 Å². The van der Waals surface area contributed by atoms with Crippen LogP contribution < -0.4 is 15.0 Å². The van der Waals surface area contributed by atoms with Gasteiger partial charge in [-0.05, 0) is 25.0 Å². The van der Waals surface area contributed by atoms with Crippen molar-refractivity contribution in [3.8, 4) is 5.75 Å². The Kier molecular flexibility index (Phi) is 3.09. The normalized spacial score (nSPS) is 16.6. The van der Waals surface area contributed by atoms with Crippen molar-refractivity contribution in [3.63, 3.8) is 0 Å². The second-order valence-corrected chi connectivity index (χ2v) is 7.02. The number of nitrogens with two attached hydrogens (primary N) is 2. The Bertz CT molecular complexity index is 677. The van der Waals surface area contributed by atoms with Crippen molar-refractivity contribution in [1.29, 1.82) is 0 Å². The van der Waals surface area contributed by atoms with Crippen LogP contribution in [0.3, 0.4) is 0 Å². The zero-order valence-corrected chi connectivity index (χ0v) is 10.9.